The largest absolute Gasteiger partial charge is 0.469 e. The smallest absolute Gasteiger partial charge is 0.308 e. The van der Waals surface area contributed by atoms with Crippen LogP contribution in [0, 0.1) is 19.8 Å². The fourth-order valence-corrected chi connectivity index (χ4v) is 3.40. The Kier molecular flexibility index (Phi) is 6.13. The van der Waals surface area contributed by atoms with Gasteiger partial charge in [-0.3, -0.25) is 4.79 Å². The first-order valence-corrected chi connectivity index (χ1v) is 9.28. The lowest BCUT2D eigenvalue weighted by atomic mass is 9.96. The number of oxime groups is 1. The van der Waals surface area contributed by atoms with Crippen LogP contribution < -0.4 is 4.74 Å². The summed E-state index contributed by atoms with van der Waals surface area (Å²) in [5, 5.41) is 13.0. The maximum atomic E-state index is 11.7. The Hall–Kier alpha value is -3.09. The number of nitrogens with zero attached hydrogens (tertiary/aromatic N) is 3. The van der Waals surface area contributed by atoms with E-state index >= 15 is 0 Å². The van der Waals surface area contributed by atoms with Crippen LogP contribution in [0.15, 0.2) is 41.7 Å². The zero-order valence-electron chi connectivity index (χ0n) is 16.4. The van der Waals surface area contributed by atoms with Crippen molar-refractivity contribution >= 4 is 11.8 Å². The molecule has 2 heterocycles. The molecular weight excluding hydrogens is 358 g/mol. The number of likely N-dealkylation sites (tertiary alicyclic amines) is 1. The summed E-state index contributed by atoms with van der Waals surface area (Å²) in [5.74, 6) is 1.38. The number of ether oxygens (including phenoxy) is 2. The van der Waals surface area contributed by atoms with Crippen LogP contribution in [0.25, 0.3) is 0 Å². The molecule has 0 unspecified atom stereocenters. The minimum absolute atomic E-state index is 0.104. The third kappa shape index (κ3) is 4.42. The molecule has 1 N–H and O–H groups in total. The first kappa shape index (κ1) is 19.7. The van der Waals surface area contributed by atoms with Crippen LogP contribution in [0.3, 0.4) is 0 Å². The molecule has 0 aliphatic carbocycles. The van der Waals surface area contributed by atoms with Gasteiger partial charge in [0.15, 0.2) is 5.84 Å². The summed E-state index contributed by atoms with van der Waals surface area (Å²) in [4.78, 5) is 18.0. The number of benzene rings is 1. The minimum Gasteiger partial charge on any atom is -0.469 e. The Morgan fingerprint density at radius 3 is 2.54 bits per heavy atom. The molecule has 1 aliphatic heterocycles. The van der Waals surface area contributed by atoms with Crippen LogP contribution >= 0.6 is 0 Å². The van der Waals surface area contributed by atoms with Crippen LogP contribution in [-0.2, 0) is 9.53 Å². The number of carbonyl (C=O) groups excluding carboxylic acids is 1. The van der Waals surface area contributed by atoms with E-state index < -0.39 is 0 Å². The highest BCUT2D eigenvalue weighted by molar-refractivity contribution is 5.98. The normalized spacial score (nSPS) is 15.4. The van der Waals surface area contributed by atoms with Crippen LogP contribution in [0.1, 0.15) is 29.5 Å². The Labute approximate surface area is 164 Å². The molecule has 7 nitrogen and oxygen atoms in total. The number of hydrogen-bond donors (Lipinski definition) is 1. The lowest BCUT2D eigenvalue weighted by Crippen LogP contribution is -2.41. The van der Waals surface area contributed by atoms with Crippen LogP contribution in [-0.4, -0.2) is 47.1 Å². The van der Waals surface area contributed by atoms with Gasteiger partial charge in [0.2, 0.25) is 5.88 Å². The molecule has 1 saturated heterocycles. The van der Waals surface area contributed by atoms with Crippen LogP contribution in [0.4, 0.5) is 0 Å². The summed E-state index contributed by atoms with van der Waals surface area (Å²) in [7, 11) is 1.41. The molecule has 0 spiro atoms. The minimum atomic E-state index is -0.184. The zero-order valence-corrected chi connectivity index (χ0v) is 16.4. The molecule has 28 heavy (non-hydrogen) atoms. The van der Waals surface area contributed by atoms with Gasteiger partial charge in [0.25, 0.3) is 0 Å². The molecule has 1 aromatic carbocycles. The van der Waals surface area contributed by atoms with E-state index in [0.717, 1.165) is 11.3 Å². The fraction of sp³-hybridized carbons (Fsp3) is 0.381. The van der Waals surface area contributed by atoms with Gasteiger partial charge >= 0.3 is 5.97 Å². The molecular formula is C21H25N3O4. The highest BCUT2D eigenvalue weighted by atomic mass is 16.5. The van der Waals surface area contributed by atoms with Gasteiger partial charge in [-0.05, 0) is 44.4 Å². The number of carbonyl (C=O) groups is 1. The molecule has 1 aromatic heterocycles. The number of pyridine rings is 1. The molecule has 148 valence electrons. The van der Waals surface area contributed by atoms with Crippen molar-refractivity contribution in [2.45, 2.75) is 26.7 Å². The van der Waals surface area contributed by atoms with Gasteiger partial charge < -0.3 is 19.6 Å². The molecule has 0 bridgehead atoms. The van der Waals surface area contributed by atoms with Crippen molar-refractivity contribution in [3.05, 3.63) is 53.2 Å². The summed E-state index contributed by atoms with van der Waals surface area (Å²) in [6.07, 6.45) is 2.94. The van der Waals surface area contributed by atoms with Gasteiger partial charge in [0.1, 0.15) is 5.75 Å². The first-order chi connectivity index (χ1) is 13.5. The van der Waals surface area contributed by atoms with Crippen LogP contribution in [0.2, 0.25) is 0 Å². The third-order valence-electron chi connectivity index (χ3n) is 4.96. The number of aryl methyl sites for hydroxylation is 2. The van der Waals surface area contributed by atoms with Gasteiger partial charge in [-0.1, -0.05) is 22.9 Å². The Bertz CT molecular complexity index is 856. The number of rotatable bonds is 4. The second kappa shape index (κ2) is 8.73. The molecule has 1 aliphatic rings. The number of methoxy groups -OCH3 is 1. The molecule has 0 saturated carbocycles. The van der Waals surface area contributed by atoms with E-state index in [1.807, 2.05) is 36.9 Å². The number of aromatic nitrogens is 1. The second-order valence-corrected chi connectivity index (χ2v) is 6.96. The van der Waals surface area contributed by atoms with Gasteiger partial charge in [-0.2, -0.15) is 0 Å². The number of esters is 1. The van der Waals surface area contributed by atoms with Crippen molar-refractivity contribution in [2.24, 2.45) is 11.1 Å². The standard InChI is InChI=1S/C21H25N3O4/c1-14-4-6-18(15(2)12-14)28-19-7-5-17(13-22-19)20(23-26)24-10-8-16(9-11-24)21(25)27-3/h4-7,12-13,16,26H,8-11H2,1-3H3/b23-20-. The Morgan fingerprint density at radius 2 is 1.96 bits per heavy atom. The Balaban J connectivity index is 1.67. The second-order valence-electron chi connectivity index (χ2n) is 6.96. The van der Waals surface area contributed by atoms with Crippen molar-refractivity contribution in [1.82, 2.24) is 9.88 Å². The maximum Gasteiger partial charge on any atom is 0.308 e. The molecule has 7 heteroatoms. The summed E-state index contributed by atoms with van der Waals surface area (Å²) in [6, 6.07) is 9.53. The van der Waals surface area contributed by atoms with Gasteiger partial charge in [-0.15, -0.1) is 0 Å². The topological polar surface area (TPSA) is 84.2 Å². The summed E-state index contributed by atoms with van der Waals surface area (Å²) in [5.41, 5.74) is 2.90. The average Bonchev–Trinajstić information content (AvgIpc) is 2.72. The maximum absolute atomic E-state index is 11.7. The highest BCUT2D eigenvalue weighted by Gasteiger charge is 2.28. The molecule has 0 amide bonds. The predicted molar refractivity (Wildman–Crippen MR) is 105 cm³/mol. The van der Waals surface area contributed by atoms with E-state index in [1.54, 1.807) is 12.3 Å². The summed E-state index contributed by atoms with van der Waals surface area (Å²) >= 11 is 0. The first-order valence-electron chi connectivity index (χ1n) is 9.28. The summed E-state index contributed by atoms with van der Waals surface area (Å²) in [6.45, 7) is 5.25. The van der Waals surface area contributed by atoms with Gasteiger partial charge in [0, 0.05) is 30.9 Å². The predicted octanol–water partition coefficient (Wildman–Crippen LogP) is 3.51. The third-order valence-corrected chi connectivity index (χ3v) is 4.96. The zero-order chi connectivity index (χ0) is 20.1. The lowest BCUT2D eigenvalue weighted by Gasteiger charge is -2.32. The monoisotopic (exact) mass is 383 g/mol. The summed E-state index contributed by atoms with van der Waals surface area (Å²) < 4.78 is 10.7. The number of hydrogen-bond acceptors (Lipinski definition) is 6. The van der Waals surface area contributed by atoms with E-state index in [0.29, 0.717) is 43.2 Å². The van der Waals surface area contributed by atoms with Gasteiger partial charge in [-0.25, -0.2) is 4.98 Å². The van der Waals surface area contributed by atoms with E-state index in [-0.39, 0.29) is 11.9 Å². The number of piperidine rings is 1. The van der Waals surface area contributed by atoms with E-state index in [2.05, 4.69) is 16.2 Å². The lowest BCUT2D eigenvalue weighted by molar-refractivity contribution is -0.146. The van der Waals surface area contributed by atoms with Crippen molar-refractivity contribution in [3.8, 4) is 11.6 Å². The molecule has 0 atom stereocenters. The Morgan fingerprint density at radius 1 is 1.21 bits per heavy atom. The molecule has 1 fully saturated rings. The van der Waals surface area contributed by atoms with E-state index in [1.165, 1.54) is 12.7 Å². The van der Waals surface area contributed by atoms with E-state index in [9.17, 15) is 10.0 Å². The molecule has 3 rings (SSSR count). The highest BCUT2D eigenvalue weighted by Crippen LogP contribution is 2.25. The fourth-order valence-electron chi connectivity index (χ4n) is 3.40. The molecule has 2 aromatic rings. The average molecular weight is 383 g/mol. The van der Waals surface area contributed by atoms with Crippen molar-refractivity contribution in [3.63, 3.8) is 0 Å². The molecule has 0 radical (unpaired) electrons. The van der Waals surface area contributed by atoms with Crippen LogP contribution in [0.5, 0.6) is 11.6 Å². The number of amidine groups is 1. The van der Waals surface area contributed by atoms with Gasteiger partial charge in [0.05, 0.1) is 13.0 Å². The van der Waals surface area contributed by atoms with E-state index in [4.69, 9.17) is 9.47 Å². The van der Waals surface area contributed by atoms with Crippen molar-refractivity contribution in [1.29, 1.82) is 0 Å². The SMILES string of the molecule is COC(=O)C1CCN(/C(=N\O)c2ccc(Oc3ccc(C)cc3C)nc2)CC1. The van der Waals surface area contributed by atoms with Crippen molar-refractivity contribution < 1.29 is 19.5 Å². The van der Waals surface area contributed by atoms with Crippen molar-refractivity contribution in [2.75, 3.05) is 20.2 Å². The quantitative estimate of drug-likeness (QED) is 0.286.